The summed E-state index contributed by atoms with van der Waals surface area (Å²) in [5.41, 5.74) is 1.15. The van der Waals surface area contributed by atoms with E-state index in [2.05, 4.69) is 5.32 Å². The number of esters is 1. The molecule has 29 heavy (non-hydrogen) atoms. The van der Waals surface area contributed by atoms with Crippen molar-refractivity contribution in [2.45, 2.75) is 0 Å². The van der Waals surface area contributed by atoms with Gasteiger partial charge in [-0.1, -0.05) is 12.1 Å². The summed E-state index contributed by atoms with van der Waals surface area (Å²) >= 11 is 0. The number of ether oxygens (including phenoxy) is 2. The number of hydrogen-bond acceptors (Lipinski definition) is 5. The first-order valence-electron chi connectivity index (χ1n) is 8.65. The van der Waals surface area contributed by atoms with Crippen molar-refractivity contribution in [2.75, 3.05) is 32.6 Å². The van der Waals surface area contributed by atoms with Crippen LogP contribution in [0.3, 0.4) is 0 Å². The molecule has 8 heteroatoms. The molecule has 0 radical (unpaired) electrons. The molecule has 0 fully saturated rings. The van der Waals surface area contributed by atoms with Crippen molar-refractivity contribution in [3.8, 4) is 5.75 Å². The number of likely N-dealkylation sites (N-methyl/N-ethyl adjacent to an activating group) is 1. The molecule has 2 amide bonds. The monoisotopic (exact) mass is 400 g/mol. The van der Waals surface area contributed by atoms with Gasteiger partial charge in [0.25, 0.3) is 5.91 Å². The fourth-order valence-electron chi connectivity index (χ4n) is 2.24. The van der Waals surface area contributed by atoms with Crippen LogP contribution in [0.4, 0.5) is 10.1 Å². The Kier molecular flexibility index (Phi) is 7.90. The summed E-state index contributed by atoms with van der Waals surface area (Å²) in [5.74, 6) is -1.46. The van der Waals surface area contributed by atoms with E-state index in [0.29, 0.717) is 11.4 Å². The van der Waals surface area contributed by atoms with Crippen molar-refractivity contribution in [3.63, 3.8) is 0 Å². The number of rotatable bonds is 8. The Labute approximate surface area is 167 Å². The predicted octanol–water partition coefficient (Wildman–Crippen LogP) is 2.49. The first-order valence-corrected chi connectivity index (χ1v) is 8.65. The van der Waals surface area contributed by atoms with Crippen molar-refractivity contribution in [2.24, 2.45) is 0 Å². The number of carbonyl (C=O) groups is 3. The van der Waals surface area contributed by atoms with Gasteiger partial charge in [0.15, 0.2) is 6.61 Å². The number of hydrogen-bond donors (Lipinski definition) is 1. The van der Waals surface area contributed by atoms with E-state index in [1.807, 2.05) is 0 Å². The van der Waals surface area contributed by atoms with Crippen molar-refractivity contribution in [3.05, 3.63) is 66.0 Å². The maximum absolute atomic E-state index is 12.9. The van der Waals surface area contributed by atoms with Crippen LogP contribution in [0.15, 0.2) is 54.6 Å². The molecule has 0 saturated heterocycles. The molecule has 152 valence electrons. The van der Waals surface area contributed by atoms with E-state index >= 15 is 0 Å². The van der Waals surface area contributed by atoms with Gasteiger partial charge in [0, 0.05) is 18.8 Å². The van der Waals surface area contributed by atoms with Crippen LogP contribution < -0.4 is 10.1 Å². The normalized spacial score (nSPS) is 10.4. The number of nitrogens with one attached hydrogen (secondary N) is 1. The van der Waals surface area contributed by atoms with Crippen LogP contribution in [0.5, 0.6) is 5.75 Å². The first-order chi connectivity index (χ1) is 13.9. The molecule has 0 heterocycles. The molecule has 2 rings (SSSR count). The van der Waals surface area contributed by atoms with Gasteiger partial charge in [-0.25, -0.2) is 9.18 Å². The lowest BCUT2D eigenvalue weighted by Crippen LogP contribution is -2.37. The molecule has 2 aromatic rings. The van der Waals surface area contributed by atoms with Crippen LogP contribution in [0.1, 0.15) is 5.56 Å². The van der Waals surface area contributed by atoms with Crippen molar-refractivity contribution < 1.29 is 28.2 Å². The average Bonchev–Trinajstić information content (AvgIpc) is 2.72. The van der Waals surface area contributed by atoms with Crippen LogP contribution in [-0.2, 0) is 19.1 Å². The summed E-state index contributed by atoms with van der Waals surface area (Å²) in [5, 5.41) is 2.54. The second kappa shape index (κ2) is 10.6. The number of methoxy groups -OCH3 is 1. The molecular weight excluding hydrogens is 379 g/mol. The van der Waals surface area contributed by atoms with E-state index in [9.17, 15) is 18.8 Å². The third-order valence-corrected chi connectivity index (χ3v) is 3.78. The predicted molar refractivity (Wildman–Crippen MR) is 106 cm³/mol. The zero-order valence-corrected chi connectivity index (χ0v) is 16.1. The Bertz CT molecular complexity index is 896. The number of carbonyl (C=O) groups excluding carboxylic acids is 3. The number of anilines is 1. The molecule has 0 aromatic heterocycles. The van der Waals surface area contributed by atoms with E-state index in [0.717, 1.165) is 10.5 Å². The molecule has 0 aliphatic rings. The quantitative estimate of drug-likeness (QED) is 0.544. The SMILES string of the molecule is COc1cccc(/C=C/C(=O)OCC(=O)N(C)CC(=O)Nc2ccc(F)cc2)c1. The molecule has 1 N–H and O–H groups in total. The zero-order valence-electron chi connectivity index (χ0n) is 16.1. The Hall–Kier alpha value is -3.68. The van der Waals surface area contributed by atoms with Gasteiger partial charge < -0.3 is 19.7 Å². The molecule has 2 aromatic carbocycles. The number of amides is 2. The summed E-state index contributed by atoms with van der Waals surface area (Å²) in [6.07, 6.45) is 2.73. The van der Waals surface area contributed by atoms with Crippen LogP contribution in [0, 0.1) is 5.82 Å². The standard InChI is InChI=1S/C21H21FN2O5/c1-24(13-19(25)23-17-9-7-16(22)8-10-17)20(26)14-29-21(27)11-6-15-4-3-5-18(12-15)28-2/h3-12H,13-14H2,1-2H3,(H,23,25)/b11-6+. The van der Waals surface area contributed by atoms with Gasteiger partial charge in [0.2, 0.25) is 5.91 Å². The van der Waals surface area contributed by atoms with Gasteiger partial charge in [-0.15, -0.1) is 0 Å². The Morgan fingerprint density at radius 2 is 1.86 bits per heavy atom. The molecule has 0 bridgehead atoms. The lowest BCUT2D eigenvalue weighted by Gasteiger charge is -2.16. The summed E-state index contributed by atoms with van der Waals surface area (Å²) in [7, 11) is 2.95. The van der Waals surface area contributed by atoms with E-state index < -0.39 is 30.2 Å². The Morgan fingerprint density at radius 1 is 1.14 bits per heavy atom. The van der Waals surface area contributed by atoms with Crippen molar-refractivity contribution in [1.82, 2.24) is 4.90 Å². The van der Waals surface area contributed by atoms with Crippen LogP contribution >= 0.6 is 0 Å². The highest BCUT2D eigenvalue weighted by molar-refractivity contribution is 5.95. The summed E-state index contributed by atoms with van der Waals surface area (Å²) < 4.78 is 22.8. The highest BCUT2D eigenvalue weighted by atomic mass is 19.1. The van der Waals surface area contributed by atoms with Crippen molar-refractivity contribution >= 4 is 29.5 Å². The largest absolute Gasteiger partial charge is 0.497 e. The molecule has 0 aliphatic carbocycles. The number of halogens is 1. The van der Waals surface area contributed by atoms with E-state index in [-0.39, 0.29) is 6.54 Å². The second-order valence-corrected chi connectivity index (χ2v) is 6.02. The fourth-order valence-corrected chi connectivity index (χ4v) is 2.24. The first kappa shape index (κ1) is 21.6. The molecule has 0 unspecified atom stereocenters. The van der Waals surface area contributed by atoms with Gasteiger partial charge in [0.05, 0.1) is 13.7 Å². The lowest BCUT2D eigenvalue weighted by atomic mass is 10.2. The average molecular weight is 400 g/mol. The summed E-state index contributed by atoms with van der Waals surface area (Å²) in [6, 6.07) is 12.3. The highest BCUT2D eigenvalue weighted by Crippen LogP contribution is 2.13. The third-order valence-electron chi connectivity index (χ3n) is 3.78. The van der Waals surface area contributed by atoms with Gasteiger partial charge in [-0.05, 0) is 48.0 Å². The van der Waals surface area contributed by atoms with Gasteiger partial charge in [-0.3, -0.25) is 9.59 Å². The Balaban J connectivity index is 1.76. The maximum Gasteiger partial charge on any atom is 0.331 e. The van der Waals surface area contributed by atoms with Crippen LogP contribution in [0.2, 0.25) is 0 Å². The molecule has 0 spiro atoms. The minimum absolute atomic E-state index is 0.243. The summed E-state index contributed by atoms with van der Waals surface area (Å²) in [6.45, 7) is -0.741. The summed E-state index contributed by atoms with van der Waals surface area (Å²) in [4.78, 5) is 36.8. The van der Waals surface area contributed by atoms with E-state index in [1.165, 1.54) is 43.5 Å². The van der Waals surface area contributed by atoms with E-state index in [1.54, 1.807) is 31.4 Å². The smallest absolute Gasteiger partial charge is 0.331 e. The lowest BCUT2D eigenvalue weighted by molar-refractivity contribution is -0.148. The van der Waals surface area contributed by atoms with Gasteiger partial charge >= 0.3 is 5.97 Å². The minimum atomic E-state index is -0.690. The molecule has 0 saturated carbocycles. The highest BCUT2D eigenvalue weighted by Gasteiger charge is 2.14. The van der Waals surface area contributed by atoms with E-state index in [4.69, 9.17) is 9.47 Å². The number of nitrogens with zero attached hydrogens (tertiary/aromatic N) is 1. The maximum atomic E-state index is 12.9. The van der Waals surface area contributed by atoms with Crippen molar-refractivity contribution in [1.29, 1.82) is 0 Å². The van der Waals surface area contributed by atoms with Crippen LogP contribution in [-0.4, -0.2) is 50.0 Å². The molecule has 0 aliphatic heterocycles. The zero-order chi connectivity index (χ0) is 21.2. The molecule has 7 nitrogen and oxygen atoms in total. The topological polar surface area (TPSA) is 84.9 Å². The van der Waals surface area contributed by atoms with Crippen LogP contribution in [0.25, 0.3) is 6.08 Å². The fraction of sp³-hybridized carbons (Fsp3) is 0.190. The molecular formula is C21H21FN2O5. The second-order valence-electron chi connectivity index (χ2n) is 6.02. The third kappa shape index (κ3) is 7.45. The van der Waals surface area contributed by atoms with Gasteiger partial charge in [0.1, 0.15) is 11.6 Å². The molecule has 0 atom stereocenters. The minimum Gasteiger partial charge on any atom is -0.497 e. The Morgan fingerprint density at radius 3 is 2.55 bits per heavy atom. The van der Waals surface area contributed by atoms with Gasteiger partial charge in [-0.2, -0.15) is 0 Å². The number of benzene rings is 2.